The molecule has 0 bridgehead atoms. The van der Waals surface area contributed by atoms with Crippen molar-refractivity contribution in [3.63, 3.8) is 0 Å². The van der Waals surface area contributed by atoms with Gasteiger partial charge in [0.15, 0.2) is 0 Å². The van der Waals surface area contributed by atoms with Crippen LogP contribution in [0, 0.1) is 5.92 Å². The van der Waals surface area contributed by atoms with Gasteiger partial charge in [-0.2, -0.15) is 10.2 Å². The number of hydrogen-bond acceptors (Lipinski definition) is 5. The van der Waals surface area contributed by atoms with Crippen molar-refractivity contribution in [1.82, 2.24) is 19.4 Å². The number of hydrazone groups is 1. The molecule has 7 heteroatoms. The van der Waals surface area contributed by atoms with E-state index in [-0.39, 0.29) is 17.7 Å². The van der Waals surface area contributed by atoms with Gasteiger partial charge in [0.2, 0.25) is 0 Å². The summed E-state index contributed by atoms with van der Waals surface area (Å²) in [6.45, 7) is 1.91. The van der Waals surface area contributed by atoms with E-state index in [9.17, 15) is 4.79 Å². The van der Waals surface area contributed by atoms with Gasteiger partial charge >= 0.3 is 0 Å². The number of para-hydroxylation sites is 1. The molecular formula is C27H33N5O2. The molecule has 0 saturated heterocycles. The smallest absolute Gasteiger partial charge is 0.278 e. The first-order chi connectivity index (χ1) is 16.7. The first-order valence-electron chi connectivity index (χ1n) is 12.7. The number of aromatic nitrogens is 3. The molecule has 5 aliphatic rings. The lowest BCUT2D eigenvalue weighted by Gasteiger charge is -2.29. The number of pyridine rings is 1. The largest absolute Gasteiger partial charge is 0.379 e. The minimum Gasteiger partial charge on any atom is -0.379 e. The molecule has 0 amide bonds. The molecule has 1 unspecified atom stereocenters. The highest BCUT2D eigenvalue weighted by molar-refractivity contribution is 5.93. The predicted octanol–water partition coefficient (Wildman–Crippen LogP) is 4.81. The van der Waals surface area contributed by atoms with Crippen molar-refractivity contribution in [3.8, 4) is 11.3 Å². The van der Waals surface area contributed by atoms with Crippen molar-refractivity contribution in [3.05, 3.63) is 52.6 Å². The summed E-state index contributed by atoms with van der Waals surface area (Å²) in [7, 11) is 1.75. The molecule has 7 nitrogen and oxygen atoms in total. The molecule has 0 radical (unpaired) electrons. The molecule has 6 rings (SSSR count). The summed E-state index contributed by atoms with van der Waals surface area (Å²) >= 11 is 0. The van der Waals surface area contributed by atoms with Crippen molar-refractivity contribution in [2.24, 2.45) is 11.0 Å². The maximum atomic E-state index is 13.6. The highest BCUT2D eigenvalue weighted by atomic mass is 16.5. The Kier molecular flexibility index (Phi) is 5.73. The molecule has 3 atom stereocenters. The van der Waals surface area contributed by atoms with Gasteiger partial charge in [0.1, 0.15) is 5.69 Å². The maximum Gasteiger partial charge on any atom is 0.278 e. The monoisotopic (exact) mass is 459 g/mol. The van der Waals surface area contributed by atoms with Crippen molar-refractivity contribution in [2.45, 2.75) is 70.1 Å². The number of fused-ring (bicyclic) bond motifs is 3. The van der Waals surface area contributed by atoms with Gasteiger partial charge in [-0.15, -0.1) is 0 Å². The van der Waals surface area contributed by atoms with Gasteiger partial charge in [-0.05, 0) is 44.1 Å². The molecule has 1 saturated carbocycles. The van der Waals surface area contributed by atoms with E-state index in [1.165, 1.54) is 5.70 Å². The number of methoxy groups -OCH3 is 1. The lowest BCUT2D eigenvalue weighted by atomic mass is 9.91. The van der Waals surface area contributed by atoms with E-state index in [0.29, 0.717) is 5.92 Å². The SMILES string of the molecule is CO[C@@H]1CCCC[C@H]1n1nc2c3ccccc3n(CC3CC=C(N4CCC=N4)CC3)cc-2c1=O. The van der Waals surface area contributed by atoms with E-state index in [1.807, 2.05) is 12.3 Å². The Balaban J connectivity index is 1.35. The van der Waals surface area contributed by atoms with Crippen LogP contribution in [0.15, 0.2) is 52.1 Å². The van der Waals surface area contributed by atoms with E-state index in [2.05, 4.69) is 45.1 Å². The van der Waals surface area contributed by atoms with Gasteiger partial charge in [0.05, 0.1) is 23.2 Å². The zero-order valence-electron chi connectivity index (χ0n) is 19.9. The highest BCUT2D eigenvalue weighted by Gasteiger charge is 2.31. The van der Waals surface area contributed by atoms with Crippen LogP contribution in [0.25, 0.3) is 22.2 Å². The Morgan fingerprint density at radius 2 is 2.03 bits per heavy atom. The van der Waals surface area contributed by atoms with Crippen molar-refractivity contribution >= 4 is 17.1 Å². The molecule has 34 heavy (non-hydrogen) atoms. The Labute approximate surface area is 200 Å². The molecule has 0 aromatic heterocycles. The Bertz CT molecular complexity index is 1270. The molecule has 0 spiro atoms. The lowest BCUT2D eigenvalue weighted by Crippen LogP contribution is -2.35. The van der Waals surface area contributed by atoms with Crippen molar-refractivity contribution in [2.75, 3.05) is 13.7 Å². The molecule has 178 valence electrons. The second-order valence-corrected chi connectivity index (χ2v) is 9.98. The first kappa shape index (κ1) is 21.6. The van der Waals surface area contributed by atoms with E-state index < -0.39 is 0 Å². The van der Waals surface area contributed by atoms with Crippen LogP contribution in [-0.4, -0.2) is 45.3 Å². The molecular weight excluding hydrogens is 426 g/mol. The van der Waals surface area contributed by atoms with Crippen LogP contribution >= 0.6 is 0 Å². The predicted molar refractivity (Wildman–Crippen MR) is 134 cm³/mol. The molecule has 1 aromatic carbocycles. The van der Waals surface area contributed by atoms with Crippen LogP contribution < -0.4 is 5.56 Å². The number of nitrogens with zero attached hydrogens (tertiary/aromatic N) is 5. The third kappa shape index (κ3) is 3.76. The fraction of sp³-hybridized carbons (Fsp3) is 0.519. The zero-order chi connectivity index (χ0) is 23.1. The first-order valence-corrected chi connectivity index (χ1v) is 12.7. The fourth-order valence-corrected chi connectivity index (χ4v) is 6.07. The number of rotatable bonds is 5. The summed E-state index contributed by atoms with van der Waals surface area (Å²) in [5.41, 5.74) is 4.05. The Morgan fingerprint density at radius 3 is 2.82 bits per heavy atom. The van der Waals surface area contributed by atoms with E-state index >= 15 is 0 Å². The Morgan fingerprint density at radius 1 is 1.15 bits per heavy atom. The van der Waals surface area contributed by atoms with Crippen LogP contribution in [0.2, 0.25) is 0 Å². The molecule has 3 heterocycles. The van der Waals surface area contributed by atoms with Crippen LogP contribution in [0.3, 0.4) is 0 Å². The van der Waals surface area contributed by atoms with Crippen LogP contribution in [0.5, 0.6) is 0 Å². The third-order valence-electron chi connectivity index (χ3n) is 7.91. The maximum absolute atomic E-state index is 13.6. The molecule has 3 aliphatic heterocycles. The second kappa shape index (κ2) is 9.02. The number of hydrogen-bond donors (Lipinski definition) is 0. The topological polar surface area (TPSA) is 64.7 Å². The molecule has 2 aliphatic carbocycles. The van der Waals surface area contributed by atoms with E-state index in [1.54, 1.807) is 11.8 Å². The van der Waals surface area contributed by atoms with Gasteiger partial charge in [0, 0.05) is 50.1 Å². The van der Waals surface area contributed by atoms with Crippen molar-refractivity contribution in [1.29, 1.82) is 0 Å². The zero-order valence-corrected chi connectivity index (χ0v) is 19.9. The summed E-state index contributed by atoms with van der Waals surface area (Å²) in [6.07, 6.45) is 14.9. The molecule has 1 fully saturated rings. The summed E-state index contributed by atoms with van der Waals surface area (Å²) < 4.78 is 9.76. The minimum absolute atomic E-state index is 0.0148. The van der Waals surface area contributed by atoms with Crippen LogP contribution in [0.4, 0.5) is 0 Å². The highest BCUT2D eigenvalue weighted by Crippen LogP contribution is 2.34. The van der Waals surface area contributed by atoms with Gasteiger partial charge in [-0.3, -0.25) is 9.80 Å². The number of allylic oxidation sites excluding steroid dienone is 2. The summed E-state index contributed by atoms with van der Waals surface area (Å²) in [5.74, 6) is 0.544. The van der Waals surface area contributed by atoms with Gasteiger partial charge in [0.25, 0.3) is 5.56 Å². The van der Waals surface area contributed by atoms with Crippen LogP contribution in [-0.2, 0) is 11.3 Å². The summed E-state index contributed by atoms with van der Waals surface area (Å²) in [4.78, 5) is 13.6. The number of ether oxygens (including phenoxy) is 1. The van der Waals surface area contributed by atoms with Gasteiger partial charge in [-0.25, -0.2) is 4.68 Å². The van der Waals surface area contributed by atoms with Gasteiger partial charge < -0.3 is 9.30 Å². The van der Waals surface area contributed by atoms with E-state index in [4.69, 9.17) is 9.84 Å². The molecule has 0 N–H and O–H groups in total. The minimum atomic E-state index is 0.0148. The summed E-state index contributed by atoms with van der Waals surface area (Å²) in [5, 5.41) is 12.6. The average molecular weight is 460 g/mol. The summed E-state index contributed by atoms with van der Waals surface area (Å²) in [6, 6.07) is 8.39. The average Bonchev–Trinajstić information content (AvgIpc) is 3.54. The van der Waals surface area contributed by atoms with Crippen LogP contribution in [0.1, 0.15) is 57.4 Å². The fourth-order valence-electron chi connectivity index (χ4n) is 6.07. The standard InChI is InChI=1S/C27H33N5O2/c1-34-25-10-5-4-9-24(25)32-27(33)22-18-30(23-8-3-2-7-21(23)26(22)29-32)17-19-11-13-20(14-12-19)31-16-6-15-28-31/h2-3,7-8,13,15,18-19,24-25H,4-6,9-12,14,16-17H2,1H3/t19?,24-,25-/m1/s1. The Hall–Kier alpha value is -2.93. The van der Waals surface area contributed by atoms with Gasteiger partial charge in [-0.1, -0.05) is 37.1 Å². The third-order valence-corrected chi connectivity index (χ3v) is 7.91. The number of benzene rings is 1. The lowest BCUT2D eigenvalue weighted by molar-refractivity contribution is 0.0236. The van der Waals surface area contributed by atoms with E-state index in [0.717, 1.165) is 86.6 Å². The van der Waals surface area contributed by atoms with Crippen molar-refractivity contribution < 1.29 is 4.74 Å². The normalized spacial score (nSPS) is 25.4. The quantitative estimate of drug-likeness (QED) is 0.549. The second-order valence-electron chi connectivity index (χ2n) is 9.98. The molecule has 1 aromatic rings.